The fourth-order valence-electron chi connectivity index (χ4n) is 5.35. The van der Waals surface area contributed by atoms with E-state index < -0.39 is 23.1 Å². The molecule has 212 valence electrons. The minimum absolute atomic E-state index is 0.361. The van der Waals surface area contributed by atoms with Crippen LogP contribution >= 0.6 is 0 Å². The van der Waals surface area contributed by atoms with Gasteiger partial charge in [0.15, 0.2) is 0 Å². The van der Waals surface area contributed by atoms with Crippen molar-refractivity contribution >= 4 is 28.7 Å². The van der Waals surface area contributed by atoms with Crippen LogP contribution in [0.2, 0.25) is 0 Å². The molecule has 0 radical (unpaired) electrons. The van der Waals surface area contributed by atoms with E-state index in [0.717, 1.165) is 48.4 Å². The molecule has 1 aliphatic rings. The van der Waals surface area contributed by atoms with E-state index in [-0.39, 0.29) is 0 Å². The molecule has 10 heteroatoms. The largest absolute Gasteiger partial charge is 0.324 e. The van der Waals surface area contributed by atoms with Crippen LogP contribution in [-0.4, -0.2) is 32.0 Å². The molecule has 43 heavy (non-hydrogen) atoms. The average molecular weight is 574 g/mol. The number of amides is 1. The predicted molar refractivity (Wildman–Crippen MR) is 161 cm³/mol. The Bertz CT molecular complexity index is 1990. The minimum Gasteiger partial charge on any atom is -0.324 e. The van der Waals surface area contributed by atoms with Gasteiger partial charge in [0.1, 0.15) is 22.9 Å². The van der Waals surface area contributed by atoms with Gasteiger partial charge in [-0.3, -0.25) is 4.79 Å². The van der Waals surface area contributed by atoms with Gasteiger partial charge in [-0.15, -0.1) is 0 Å². The molecule has 0 spiro atoms. The lowest BCUT2D eigenvalue weighted by Gasteiger charge is -2.18. The third-order valence-electron chi connectivity index (χ3n) is 7.38. The number of anilines is 3. The van der Waals surface area contributed by atoms with Crippen LogP contribution in [0.25, 0.3) is 28.0 Å². The highest BCUT2D eigenvalue weighted by Gasteiger charge is 2.20. The first kappa shape index (κ1) is 26.4. The lowest BCUT2D eigenvalue weighted by Crippen LogP contribution is -2.23. The van der Waals surface area contributed by atoms with Crippen molar-refractivity contribution < 1.29 is 13.6 Å². The summed E-state index contributed by atoms with van der Waals surface area (Å²) in [5.41, 5.74) is 6.75. The second-order valence-electron chi connectivity index (χ2n) is 10.2. The number of benzene rings is 3. The maximum Gasteiger partial charge on any atom is 0.261 e. The molecule has 3 N–H and O–H groups in total. The van der Waals surface area contributed by atoms with Crippen LogP contribution in [0.5, 0.6) is 0 Å². The molecule has 1 amide bonds. The van der Waals surface area contributed by atoms with E-state index >= 15 is 0 Å². The monoisotopic (exact) mass is 573 g/mol. The summed E-state index contributed by atoms with van der Waals surface area (Å²) in [7, 11) is 0. The Balaban J connectivity index is 1.24. The number of rotatable bonds is 6. The highest BCUT2D eigenvalue weighted by Crippen LogP contribution is 2.35. The summed E-state index contributed by atoms with van der Waals surface area (Å²) in [6.07, 6.45) is 4.54. The molecule has 0 bridgehead atoms. The highest BCUT2D eigenvalue weighted by atomic mass is 19.1. The summed E-state index contributed by atoms with van der Waals surface area (Å²) in [5, 5.41) is 14.2. The summed E-state index contributed by atoms with van der Waals surface area (Å²) in [6, 6.07) is 24.1. The van der Waals surface area contributed by atoms with Gasteiger partial charge in [0.2, 0.25) is 5.95 Å². The first-order valence-corrected chi connectivity index (χ1v) is 13.8. The molecule has 7 rings (SSSR count). The fourth-order valence-corrected chi connectivity index (χ4v) is 5.35. The van der Waals surface area contributed by atoms with Crippen molar-refractivity contribution in [3.05, 3.63) is 126 Å². The van der Waals surface area contributed by atoms with E-state index in [1.54, 1.807) is 28.9 Å². The SMILES string of the molecule is O=C(Nc1cccc(-c2nn3ccccc3c2-c2ccnc(Nc3ccc4c(c3)CNCC4)n2)c1)c1c(F)cccc1F. The number of pyridine rings is 1. The van der Waals surface area contributed by atoms with Crippen LogP contribution < -0.4 is 16.0 Å². The molecular formula is C33H25F2N7O. The molecule has 1 aliphatic heterocycles. The van der Waals surface area contributed by atoms with Gasteiger partial charge < -0.3 is 16.0 Å². The molecule has 0 fully saturated rings. The van der Waals surface area contributed by atoms with Gasteiger partial charge in [-0.05, 0) is 78.7 Å². The van der Waals surface area contributed by atoms with Crippen LogP contribution in [-0.2, 0) is 13.0 Å². The van der Waals surface area contributed by atoms with Crippen LogP contribution in [0.1, 0.15) is 21.5 Å². The zero-order valence-electron chi connectivity index (χ0n) is 22.8. The summed E-state index contributed by atoms with van der Waals surface area (Å²) >= 11 is 0. The van der Waals surface area contributed by atoms with Crippen molar-refractivity contribution in [2.45, 2.75) is 13.0 Å². The molecule has 3 aromatic heterocycles. The Hall–Kier alpha value is -5.48. The van der Waals surface area contributed by atoms with Crippen molar-refractivity contribution in [2.75, 3.05) is 17.2 Å². The van der Waals surface area contributed by atoms with Gasteiger partial charge in [-0.25, -0.2) is 23.3 Å². The Morgan fingerprint density at radius 2 is 1.74 bits per heavy atom. The van der Waals surface area contributed by atoms with Gasteiger partial charge in [0.05, 0.1) is 16.8 Å². The molecule has 0 unspecified atom stereocenters. The normalized spacial score (nSPS) is 12.6. The van der Waals surface area contributed by atoms with Crippen LogP contribution in [0.15, 0.2) is 97.3 Å². The van der Waals surface area contributed by atoms with Crippen LogP contribution in [0, 0.1) is 11.6 Å². The van der Waals surface area contributed by atoms with E-state index in [2.05, 4.69) is 33.1 Å². The number of halogens is 2. The zero-order valence-corrected chi connectivity index (χ0v) is 22.8. The molecule has 8 nitrogen and oxygen atoms in total. The predicted octanol–water partition coefficient (Wildman–Crippen LogP) is 6.38. The Labute approximate surface area is 245 Å². The Morgan fingerprint density at radius 3 is 2.63 bits per heavy atom. The molecule has 0 saturated carbocycles. The number of nitrogens with zero attached hydrogens (tertiary/aromatic N) is 4. The summed E-state index contributed by atoms with van der Waals surface area (Å²) in [6.45, 7) is 1.80. The van der Waals surface area contributed by atoms with Crippen molar-refractivity contribution in [2.24, 2.45) is 0 Å². The number of carbonyl (C=O) groups excluding carboxylic acids is 1. The number of hydrogen-bond donors (Lipinski definition) is 3. The Kier molecular flexibility index (Phi) is 6.80. The quantitative estimate of drug-likeness (QED) is 0.214. The summed E-state index contributed by atoms with van der Waals surface area (Å²) in [5.74, 6) is -2.31. The molecule has 0 saturated heterocycles. The van der Waals surface area contributed by atoms with Crippen molar-refractivity contribution in [3.8, 4) is 22.5 Å². The lowest BCUT2D eigenvalue weighted by molar-refractivity contribution is 0.101. The molecule has 3 aromatic carbocycles. The Morgan fingerprint density at radius 1 is 0.884 bits per heavy atom. The topological polar surface area (TPSA) is 96.2 Å². The van der Waals surface area contributed by atoms with E-state index in [1.807, 2.05) is 42.6 Å². The molecule has 0 atom stereocenters. The highest BCUT2D eigenvalue weighted by molar-refractivity contribution is 6.05. The molecule has 6 aromatic rings. The van der Waals surface area contributed by atoms with Gasteiger partial charge in [-0.1, -0.05) is 30.3 Å². The number of carbonyl (C=O) groups is 1. The number of fused-ring (bicyclic) bond motifs is 2. The van der Waals surface area contributed by atoms with Crippen molar-refractivity contribution in [1.29, 1.82) is 0 Å². The lowest BCUT2D eigenvalue weighted by atomic mass is 10.0. The van der Waals surface area contributed by atoms with Gasteiger partial charge in [0.25, 0.3) is 5.91 Å². The summed E-state index contributed by atoms with van der Waals surface area (Å²) in [4.78, 5) is 22.1. The van der Waals surface area contributed by atoms with E-state index in [0.29, 0.717) is 28.6 Å². The molecule has 4 heterocycles. The fraction of sp³-hybridized carbons (Fsp3) is 0.0909. The molecular weight excluding hydrogens is 548 g/mol. The summed E-state index contributed by atoms with van der Waals surface area (Å²) < 4.78 is 30.2. The third kappa shape index (κ3) is 5.20. The first-order chi connectivity index (χ1) is 21.0. The van der Waals surface area contributed by atoms with Crippen LogP contribution in [0.3, 0.4) is 0 Å². The van der Waals surface area contributed by atoms with Gasteiger partial charge in [0, 0.05) is 35.9 Å². The second kappa shape index (κ2) is 11.1. The smallest absolute Gasteiger partial charge is 0.261 e. The first-order valence-electron chi connectivity index (χ1n) is 13.8. The standard InChI is InChI=1S/C33H25F2N7O/c34-25-7-4-8-26(35)29(25)32(43)38-23-6-3-5-21(17-23)31-30(28-9-1-2-16-42(28)41-31)27-13-15-37-33(40-27)39-24-11-10-20-12-14-36-19-22(20)18-24/h1-11,13,15-18,36H,12,14,19H2,(H,38,43)(H,37,39,40). The minimum atomic E-state index is -0.934. The molecule has 0 aliphatic carbocycles. The van der Waals surface area contributed by atoms with Crippen molar-refractivity contribution in [3.63, 3.8) is 0 Å². The van der Waals surface area contributed by atoms with Crippen LogP contribution in [0.4, 0.5) is 26.1 Å². The van der Waals surface area contributed by atoms with Gasteiger partial charge >= 0.3 is 0 Å². The van der Waals surface area contributed by atoms with Crippen molar-refractivity contribution in [1.82, 2.24) is 24.9 Å². The van der Waals surface area contributed by atoms with Gasteiger partial charge in [-0.2, -0.15) is 5.10 Å². The second-order valence-corrected chi connectivity index (χ2v) is 10.2. The number of nitrogens with one attached hydrogen (secondary N) is 3. The van der Waals surface area contributed by atoms with E-state index in [9.17, 15) is 13.6 Å². The van der Waals surface area contributed by atoms with E-state index in [4.69, 9.17) is 10.1 Å². The number of aromatic nitrogens is 4. The number of hydrogen-bond acceptors (Lipinski definition) is 6. The zero-order chi connectivity index (χ0) is 29.3. The average Bonchev–Trinajstić information content (AvgIpc) is 3.41. The third-order valence-corrected chi connectivity index (χ3v) is 7.38. The van der Waals surface area contributed by atoms with E-state index in [1.165, 1.54) is 17.2 Å². The maximum absolute atomic E-state index is 14.2. The maximum atomic E-state index is 14.2.